The van der Waals surface area contributed by atoms with Gasteiger partial charge in [-0.1, -0.05) is 66.7 Å². The minimum Gasteiger partial charge on any atom is -0.489 e. The molecule has 0 N–H and O–H groups in total. The van der Waals surface area contributed by atoms with Crippen molar-refractivity contribution >= 4 is 6.29 Å². The summed E-state index contributed by atoms with van der Waals surface area (Å²) in [5, 5.41) is 0. The van der Waals surface area contributed by atoms with Crippen LogP contribution in [0.15, 0.2) is 95.4 Å². The van der Waals surface area contributed by atoms with Crippen molar-refractivity contribution in [1.82, 2.24) is 0 Å². The number of hydrogen-bond donors (Lipinski definition) is 0. The third-order valence-electron chi connectivity index (χ3n) is 4.35. The predicted molar refractivity (Wildman–Crippen MR) is 106 cm³/mol. The van der Waals surface area contributed by atoms with E-state index in [1.165, 1.54) is 0 Å². The second-order valence-corrected chi connectivity index (χ2v) is 6.20. The smallest absolute Gasteiger partial charge is 0.185 e. The number of benzene rings is 3. The van der Waals surface area contributed by atoms with E-state index in [4.69, 9.17) is 9.15 Å². The molecule has 0 saturated heterocycles. The summed E-state index contributed by atoms with van der Waals surface area (Å²) in [4.78, 5) is 10.7. The zero-order valence-corrected chi connectivity index (χ0v) is 14.7. The lowest BCUT2D eigenvalue weighted by molar-refractivity contribution is 0.110. The van der Waals surface area contributed by atoms with Crippen LogP contribution < -0.4 is 4.74 Å². The molecule has 0 saturated carbocycles. The Labute approximate surface area is 157 Å². The van der Waals surface area contributed by atoms with Gasteiger partial charge in [0.05, 0.1) is 0 Å². The van der Waals surface area contributed by atoms with Gasteiger partial charge in [-0.2, -0.15) is 0 Å². The lowest BCUT2D eigenvalue weighted by Crippen LogP contribution is -1.94. The van der Waals surface area contributed by atoms with Crippen molar-refractivity contribution < 1.29 is 13.9 Å². The molecule has 0 spiro atoms. The fourth-order valence-corrected chi connectivity index (χ4v) is 2.88. The molecule has 0 radical (unpaired) electrons. The van der Waals surface area contributed by atoms with Crippen molar-refractivity contribution in [3.63, 3.8) is 0 Å². The SMILES string of the molecule is O=Cc1ccc(-c2ccc(-c3ccc(OCc4ccccc4)cc3)cc2)o1. The molecule has 27 heavy (non-hydrogen) atoms. The van der Waals surface area contributed by atoms with Crippen molar-refractivity contribution in [1.29, 1.82) is 0 Å². The summed E-state index contributed by atoms with van der Waals surface area (Å²) in [5.41, 5.74) is 4.31. The normalized spacial score (nSPS) is 10.5. The van der Waals surface area contributed by atoms with Gasteiger partial charge < -0.3 is 9.15 Å². The van der Waals surface area contributed by atoms with E-state index in [0.29, 0.717) is 24.4 Å². The highest BCUT2D eigenvalue weighted by Gasteiger charge is 2.05. The number of carbonyl (C=O) groups is 1. The molecule has 1 heterocycles. The highest BCUT2D eigenvalue weighted by molar-refractivity contribution is 5.74. The minimum atomic E-state index is 0.333. The van der Waals surface area contributed by atoms with Crippen molar-refractivity contribution in [2.45, 2.75) is 6.61 Å². The first-order valence-electron chi connectivity index (χ1n) is 8.74. The van der Waals surface area contributed by atoms with E-state index in [1.807, 2.05) is 78.9 Å². The van der Waals surface area contributed by atoms with E-state index in [0.717, 1.165) is 28.0 Å². The van der Waals surface area contributed by atoms with Gasteiger partial charge in [-0.15, -0.1) is 0 Å². The van der Waals surface area contributed by atoms with Crippen LogP contribution in [-0.4, -0.2) is 6.29 Å². The number of hydrogen-bond acceptors (Lipinski definition) is 3. The summed E-state index contributed by atoms with van der Waals surface area (Å²) < 4.78 is 11.3. The van der Waals surface area contributed by atoms with E-state index >= 15 is 0 Å². The van der Waals surface area contributed by atoms with Gasteiger partial charge in [0.15, 0.2) is 12.0 Å². The van der Waals surface area contributed by atoms with Gasteiger partial charge in [-0.05, 0) is 41.0 Å². The molecule has 3 aromatic carbocycles. The van der Waals surface area contributed by atoms with Crippen LogP contribution in [0.3, 0.4) is 0 Å². The monoisotopic (exact) mass is 354 g/mol. The van der Waals surface area contributed by atoms with Crippen LogP contribution in [0, 0.1) is 0 Å². The summed E-state index contributed by atoms with van der Waals surface area (Å²) in [6.07, 6.45) is 0.708. The number of aldehydes is 1. The topological polar surface area (TPSA) is 39.4 Å². The quantitative estimate of drug-likeness (QED) is 0.398. The average Bonchev–Trinajstić information content (AvgIpc) is 3.23. The third kappa shape index (κ3) is 3.98. The standard InChI is InChI=1S/C24H18O3/c25-16-23-14-15-24(27-23)21-8-6-19(7-9-21)20-10-12-22(13-11-20)26-17-18-4-2-1-3-5-18/h1-16H,17H2. The molecule has 3 nitrogen and oxygen atoms in total. The van der Waals surface area contributed by atoms with Crippen molar-refractivity contribution in [2.75, 3.05) is 0 Å². The number of ether oxygens (including phenoxy) is 1. The molecule has 132 valence electrons. The zero-order chi connectivity index (χ0) is 18.5. The number of carbonyl (C=O) groups excluding carboxylic acids is 1. The first kappa shape index (κ1) is 16.9. The van der Waals surface area contributed by atoms with Crippen molar-refractivity contribution in [3.05, 3.63) is 102 Å². The van der Waals surface area contributed by atoms with Gasteiger partial charge in [0, 0.05) is 5.56 Å². The van der Waals surface area contributed by atoms with Crippen LogP contribution in [0.5, 0.6) is 5.75 Å². The molecule has 0 atom stereocenters. The number of furan rings is 1. The van der Waals surface area contributed by atoms with E-state index < -0.39 is 0 Å². The Kier molecular flexibility index (Phi) is 4.84. The van der Waals surface area contributed by atoms with Crippen LogP contribution in [0.25, 0.3) is 22.5 Å². The molecule has 4 aromatic rings. The van der Waals surface area contributed by atoms with Crippen LogP contribution in [0.1, 0.15) is 16.1 Å². The second-order valence-electron chi connectivity index (χ2n) is 6.20. The van der Waals surface area contributed by atoms with Crippen LogP contribution >= 0.6 is 0 Å². The molecule has 0 amide bonds. The Hall–Kier alpha value is -3.59. The van der Waals surface area contributed by atoms with E-state index in [2.05, 4.69) is 0 Å². The summed E-state index contributed by atoms with van der Waals surface area (Å²) in [6.45, 7) is 0.556. The molecule has 1 aromatic heterocycles. The molecule has 3 heteroatoms. The molecule has 0 aliphatic carbocycles. The molecule has 0 fully saturated rings. The molecule has 0 aliphatic rings. The van der Waals surface area contributed by atoms with Crippen molar-refractivity contribution in [2.24, 2.45) is 0 Å². The predicted octanol–water partition coefficient (Wildman–Crippen LogP) is 6.01. The molecular formula is C24H18O3. The fourth-order valence-electron chi connectivity index (χ4n) is 2.88. The Morgan fingerprint density at radius 3 is 1.96 bits per heavy atom. The van der Waals surface area contributed by atoms with E-state index in [1.54, 1.807) is 12.1 Å². The fraction of sp³-hybridized carbons (Fsp3) is 0.0417. The largest absolute Gasteiger partial charge is 0.489 e. The van der Waals surface area contributed by atoms with Gasteiger partial charge >= 0.3 is 0 Å². The maximum atomic E-state index is 10.7. The Bertz CT molecular complexity index is 1010. The number of rotatable bonds is 6. The summed E-state index contributed by atoms with van der Waals surface area (Å²) in [7, 11) is 0. The van der Waals surface area contributed by atoms with Gasteiger partial charge in [0.1, 0.15) is 18.1 Å². The Morgan fingerprint density at radius 2 is 1.33 bits per heavy atom. The van der Waals surface area contributed by atoms with Crippen LogP contribution in [0.4, 0.5) is 0 Å². The zero-order valence-electron chi connectivity index (χ0n) is 14.7. The minimum absolute atomic E-state index is 0.333. The Morgan fingerprint density at radius 1 is 0.704 bits per heavy atom. The van der Waals surface area contributed by atoms with Gasteiger partial charge in [-0.3, -0.25) is 4.79 Å². The van der Waals surface area contributed by atoms with Gasteiger partial charge in [-0.25, -0.2) is 0 Å². The molecule has 0 unspecified atom stereocenters. The average molecular weight is 354 g/mol. The van der Waals surface area contributed by atoms with E-state index in [9.17, 15) is 4.79 Å². The van der Waals surface area contributed by atoms with Crippen molar-refractivity contribution in [3.8, 4) is 28.2 Å². The lowest BCUT2D eigenvalue weighted by atomic mass is 10.0. The molecule has 0 bridgehead atoms. The first-order valence-corrected chi connectivity index (χ1v) is 8.74. The molecule has 4 rings (SSSR count). The summed E-state index contributed by atoms with van der Waals surface area (Å²) >= 11 is 0. The first-order chi connectivity index (χ1) is 13.3. The molecular weight excluding hydrogens is 336 g/mol. The van der Waals surface area contributed by atoms with E-state index in [-0.39, 0.29) is 0 Å². The Balaban J connectivity index is 1.44. The summed E-state index contributed by atoms with van der Waals surface area (Å²) in [6, 6.07) is 29.7. The van der Waals surface area contributed by atoms with Crippen LogP contribution in [0.2, 0.25) is 0 Å². The van der Waals surface area contributed by atoms with Gasteiger partial charge in [0.2, 0.25) is 0 Å². The maximum absolute atomic E-state index is 10.7. The van der Waals surface area contributed by atoms with Gasteiger partial charge in [0.25, 0.3) is 0 Å². The summed E-state index contributed by atoms with van der Waals surface area (Å²) in [5.74, 6) is 1.87. The van der Waals surface area contributed by atoms with Crippen LogP contribution in [-0.2, 0) is 6.61 Å². The highest BCUT2D eigenvalue weighted by atomic mass is 16.5. The maximum Gasteiger partial charge on any atom is 0.185 e. The highest BCUT2D eigenvalue weighted by Crippen LogP contribution is 2.27. The third-order valence-corrected chi connectivity index (χ3v) is 4.35. The molecule has 0 aliphatic heterocycles. The lowest BCUT2D eigenvalue weighted by Gasteiger charge is -2.08. The second kappa shape index (κ2) is 7.75.